The van der Waals surface area contributed by atoms with Gasteiger partial charge in [-0.1, -0.05) is 6.07 Å². The number of aromatic nitrogens is 2. The lowest BCUT2D eigenvalue weighted by molar-refractivity contribution is 0.0835. The molecule has 0 bridgehead atoms. The highest BCUT2D eigenvalue weighted by molar-refractivity contribution is 5.85. The van der Waals surface area contributed by atoms with E-state index in [-0.39, 0.29) is 41.2 Å². The maximum Gasteiger partial charge on any atom is 0.266 e. The van der Waals surface area contributed by atoms with Gasteiger partial charge in [-0.15, -0.1) is 0 Å². The molecule has 10 heteroatoms. The van der Waals surface area contributed by atoms with Crippen molar-refractivity contribution in [3.05, 3.63) is 81.7 Å². The van der Waals surface area contributed by atoms with Crippen molar-refractivity contribution in [1.82, 2.24) is 9.55 Å². The van der Waals surface area contributed by atoms with Crippen LogP contribution in [0.15, 0.2) is 47.5 Å². The number of halogens is 3. The van der Waals surface area contributed by atoms with E-state index < -0.39 is 23.0 Å². The van der Waals surface area contributed by atoms with Gasteiger partial charge in [0.15, 0.2) is 5.82 Å². The van der Waals surface area contributed by atoms with Gasteiger partial charge in [-0.3, -0.25) is 9.36 Å². The van der Waals surface area contributed by atoms with E-state index in [1.807, 2.05) is 0 Å². The van der Waals surface area contributed by atoms with E-state index in [9.17, 15) is 23.1 Å². The highest BCUT2D eigenvalue weighted by Gasteiger charge is 2.27. The predicted octanol–water partition coefficient (Wildman–Crippen LogP) is 3.19. The van der Waals surface area contributed by atoms with E-state index in [1.165, 1.54) is 24.4 Å². The molecule has 0 saturated heterocycles. The number of hydrogen-bond donors (Lipinski definition) is 4. The molecule has 0 atom stereocenters. The molecule has 0 unspecified atom stereocenters. The topological polar surface area (TPSA) is 103 Å². The molecule has 0 radical (unpaired) electrons. The fraction of sp³-hybridized carbons (Fsp3) is 0.227. The zero-order valence-corrected chi connectivity index (χ0v) is 16.8. The lowest BCUT2D eigenvalue weighted by Gasteiger charge is -2.32. The summed E-state index contributed by atoms with van der Waals surface area (Å²) in [6.07, 6.45) is 3.82. The van der Waals surface area contributed by atoms with Crippen molar-refractivity contribution in [3.63, 3.8) is 0 Å². The van der Waals surface area contributed by atoms with E-state index in [4.69, 9.17) is 5.41 Å². The number of aliphatic hydroxyl groups excluding tert-OH is 1. The van der Waals surface area contributed by atoms with Crippen molar-refractivity contribution in [1.29, 1.82) is 5.41 Å². The SMILES string of the molecule is N=Cc1c(NCc2c(F)cccc2F)ccn(-c2cc(NC3CC(O)C3)ncc2F)c1=O. The molecular weight excluding hydrogens is 423 g/mol. The summed E-state index contributed by atoms with van der Waals surface area (Å²) in [4.78, 5) is 16.9. The smallest absolute Gasteiger partial charge is 0.266 e. The summed E-state index contributed by atoms with van der Waals surface area (Å²) in [6.45, 7) is -0.242. The molecule has 32 heavy (non-hydrogen) atoms. The molecule has 7 nitrogen and oxygen atoms in total. The first kappa shape index (κ1) is 21.6. The van der Waals surface area contributed by atoms with Crippen molar-refractivity contribution in [2.24, 2.45) is 0 Å². The minimum absolute atomic E-state index is 0.00928. The van der Waals surface area contributed by atoms with Gasteiger partial charge in [0, 0.05) is 36.6 Å². The summed E-state index contributed by atoms with van der Waals surface area (Å²) in [5.41, 5.74) is -0.877. The molecule has 1 aliphatic carbocycles. The van der Waals surface area contributed by atoms with Crippen LogP contribution >= 0.6 is 0 Å². The molecule has 0 amide bonds. The number of aliphatic hydroxyl groups is 1. The normalized spacial score (nSPS) is 17.5. The Labute approximate surface area is 181 Å². The fourth-order valence-corrected chi connectivity index (χ4v) is 3.53. The van der Waals surface area contributed by atoms with Gasteiger partial charge in [0.05, 0.1) is 29.2 Å². The third-order valence-corrected chi connectivity index (χ3v) is 5.35. The Balaban J connectivity index is 1.62. The molecule has 1 aliphatic rings. The van der Waals surface area contributed by atoms with Crippen LogP contribution in [0.25, 0.3) is 5.69 Å². The molecule has 4 N–H and O–H groups in total. The number of rotatable bonds is 7. The second kappa shape index (κ2) is 8.83. The first-order valence-electron chi connectivity index (χ1n) is 9.90. The summed E-state index contributed by atoms with van der Waals surface area (Å²) in [6, 6.07) is 6.30. The summed E-state index contributed by atoms with van der Waals surface area (Å²) in [5, 5.41) is 22.9. The monoisotopic (exact) mass is 443 g/mol. The Kier molecular flexibility index (Phi) is 5.95. The number of nitrogens with zero attached hydrogens (tertiary/aromatic N) is 2. The fourth-order valence-electron chi connectivity index (χ4n) is 3.53. The van der Waals surface area contributed by atoms with Crippen molar-refractivity contribution in [3.8, 4) is 5.69 Å². The Morgan fingerprint density at radius 2 is 1.91 bits per heavy atom. The third kappa shape index (κ3) is 4.22. The minimum atomic E-state index is -0.739. The number of benzene rings is 1. The van der Waals surface area contributed by atoms with E-state index in [1.54, 1.807) is 0 Å². The lowest BCUT2D eigenvalue weighted by atomic mass is 9.89. The van der Waals surface area contributed by atoms with Gasteiger partial charge in [0.2, 0.25) is 0 Å². The Morgan fingerprint density at radius 3 is 2.56 bits per heavy atom. The zero-order chi connectivity index (χ0) is 22.8. The molecule has 1 fully saturated rings. The van der Waals surface area contributed by atoms with Crippen LogP contribution in [-0.4, -0.2) is 33.0 Å². The van der Waals surface area contributed by atoms with Crippen molar-refractivity contribution in [2.75, 3.05) is 10.6 Å². The molecule has 3 aromatic rings. The third-order valence-electron chi connectivity index (χ3n) is 5.35. The largest absolute Gasteiger partial charge is 0.393 e. The molecule has 0 aliphatic heterocycles. The molecule has 4 rings (SSSR count). The van der Waals surface area contributed by atoms with Crippen molar-refractivity contribution in [2.45, 2.75) is 31.5 Å². The quantitative estimate of drug-likeness (QED) is 0.420. The minimum Gasteiger partial charge on any atom is -0.393 e. The molecule has 166 valence electrons. The summed E-state index contributed by atoms with van der Waals surface area (Å²) < 4.78 is 43.2. The van der Waals surface area contributed by atoms with E-state index in [0.717, 1.165) is 29.1 Å². The van der Waals surface area contributed by atoms with E-state index >= 15 is 0 Å². The molecule has 2 aromatic heterocycles. The first-order chi connectivity index (χ1) is 15.4. The number of anilines is 2. The number of hydrogen-bond acceptors (Lipinski definition) is 6. The summed E-state index contributed by atoms with van der Waals surface area (Å²) >= 11 is 0. The van der Waals surface area contributed by atoms with Crippen LogP contribution in [0.5, 0.6) is 0 Å². The number of pyridine rings is 2. The Bertz CT molecular complexity index is 1200. The standard InChI is InChI=1S/C22H20F3N5O2/c23-16-2-1-3-17(24)15(16)10-27-19-4-5-30(22(32)14(19)9-26)20-8-21(28-11-18(20)25)29-12-6-13(31)7-12/h1-5,8-9,11-13,26-27,31H,6-7,10H2,(H,28,29). The lowest BCUT2D eigenvalue weighted by Crippen LogP contribution is -2.39. The summed E-state index contributed by atoms with van der Waals surface area (Å²) in [7, 11) is 0. The molecule has 2 heterocycles. The van der Waals surface area contributed by atoms with Gasteiger partial charge in [0.25, 0.3) is 5.56 Å². The van der Waals surface area contributed by atoms with E-state index in [0.29, 0.717) is 18.7 Å². The number of nitrogens with one attached hydrogen (secondary N) is 3. The van der Waals surface area contributed by atoms with Gasteiger partial charge in [-0.2, -0.15) is 0 Å². The highest BCUT2D eigenvalue weighted by atomic mass is 19.1. The zero-order valence-electron chi connectivity index (χ0n) is 16.8. The van der Waals surface area contributed by atoms with Crippen LogP contribution in [0.3, 0.4) is 0 Å². The predicted molar refractivity (Wildman–Crippen MR) is 114 cm³/mol. The van der Waals surface area contributed by atoms with Gasteiger partial charge in [-0.25, -0.2) is 18.2 Å². The first-order valence-corrected chi connectivity index (χ1v) is 9.90. The molecule has 1 saturated carbocycles. The summed E-state index contributed by atoms with van der Waals surface area (Å²) in [5.74, 6) is -1.87. The molecule has 1 aromatic carbocycles. The molecular formula is C22H20F3N5O2. The Morgan fingerprint density at radius 1 is 1.19 bits per heavy atom. The maximum atomic E-state index is 14.5. The van der Waals surface area contributed by atoms with Gasteiger partial charge < -0.3 is 21.1 Å². The van der Waals surface area contributed by atoms with Crippen molar-refractivity contribution >= 4 is 17.7 Å². The van der Waals surface area contributed by atoms with Crippen LogP contribution in [0.1, 0.15) is 24.0 Å². The van der Waals surface area contributed by atoms with Crippen LogP contribution in [0, 0.1) is 22.9 Å². The van der Waals surface area contributed by atoms with Crippen LogP contribution in [0.2, 0.25) is 0 Å². The van der Waals surface area contributed by atoms with Gasteiger partial charge in [-0.05, 0) is 31.0 Å². The maximum absolute atomic E-state index is 14.5. The Hall–Kier alpha value is -3.66. The van der Waals surface area contributed by atoms with Crippen LogP contribution < -0.4 is 16.2 Å². The molecule has 0 spiro atoms. The average molecular weight is 443 g/mol. The van der Waals surface area contributed by atoms with Gasteiger partial charge in [0.1, 0.15) is 17.5 Å². The second-order valence-corrected chi connectivity index (χ2v) is 7.50. The highest BCUT2D eigenvalue weighted by Crippen LogP contribution is 2.25. The van der Waals surface area contributed by atoms with Crippen molar-refractivity contribution < 1.29 is 18.3 Å². The van der Waals surface area contributed by atoms with Crippen LogP contribution in [-0.2, 0) is 6.54 Å². The van der Waals surface area contributed by atoms with Crippen LogP contribution in [0.4, 0.5) is 24.7 Å². The average Bonchev–Trinajstić information content (AvgIpc) is 2.74. The second-order valence-electron chi connectivity index (χ2n) is 7.50. The van der Waals surface area contributed by atoms with E-state index in [2.05, 4.69) is 15.6 Å². The van der Waals surface area contributed by atoms with Gasteiger partial charge >= 0.3 is 0 Å².